The fourth-order valence-corrected chi connectivity index (χ4v) is 1.55. The molecule has 1 heterocycles. The molecule has 0 radical (unpaired) electrons. The number of aromatic nitrogens is 2. The Hall–Kier alpha value is -1.68. The third kappa shape index (κ3) is 2.46. The summed E-state index contributed by atoms with van der Waals surface area (Å²) in [6.45, 7) is 2.70. The minimum atomic E-state index is 0.612. The van der Waals surface area contributed by atoms with E-state index in [0.29, 0.717) is 24.7 Å². The van der Waals surface area contributed by atoms with Gasteiger partial charge in [-0.1, -0.05) is 24.3 Å². The Morgan fingerprint density at radius 3 is 2.69 bits per heavy atom. The third-order valence-electron chi connectivity index (χ3n) is 2.44. The van der Waals surface area contributed by atoms with Crippen LogP contribution in [0.3, 0.4) is 0 Å². The monoisotopic (exact) mass is 217 g/mol. The van der Waals surface area contributed by atoms with Gasteiger partial charge in [-0.3, -0.25) is 0 Å². The standard InChI is InChI=1S/C12H15N3O/c1-9-5-3-4-6-10(9)7-11-14-15-12(16-11)8-13-2/h3-6,13H,7-8H2,1-2H3. The fraction of sp³-hybridized carbons (Fsp3) is 0.333. The molecular formula is C12H15N3O. The highest BCUT2D eigenvalue weighted by Gasteiger charge is 2.07. The summed E-state index contributed by atoms with van der Waals surface area (Å²) >= 11 is 0. The van der Waals surface area contributed by atoms with Crippen molar-refractivity contribution in [2.75, 3.05) is 7.05 Å². The van der Waals surface area contributed by atoms with E-state index >= 15 is 0 Å². The van der Waals surface area contributed by atoms with Gasteiger partial charge in [0.15, 0.2) is 0 Å². The molecule has 4 heteroatoms. The predicted octanol–water partition coefficient (Wildman–Crippen LogP) is 1.69. The molecule has 16 heavy (non-hydrogen) atoms. The van der Waals surface area contributed by atoms with Crippen molar-refractivity contribution in [1.82, 2.24) is 15.5 Å². The van der Waals surface area contributed by atoms with Crippen molar-refractivity contribution in [1.29, 1.82) is 0 Å². The molecule has 0 bridgehead atoms. The van der Waals surface area contributed by atoms with Gasteiger partial charge >= 0.3 is 0 Å². The van der Waals surface area contributed by atoms with Gasteiger partial charge in [-0.2, -0.15) is 0 Å². The van der Waals surface area contributed by atoms with Crippen molar-refractivity contribution in [2.24, 2.45) is 0 Å². The van der Waals surface area contributed by atoms with Crippen LogP contribution in [-0.2, 0) is 13.0 Å². The molecule has 0 saturated heterocycles. The molecule has 0 aliphatic carbocycles. The average Bonchev–Trinajstić information content (AvgIpc) is 2.70. The van der Waals surface area contributed by atoms with Crippen molar-refractivity contribution in [2.45, 2.75) is 19.9 Å². The van der Waals surface area contributed by atoms with Gasteiger partial charge in [0.1, 0.15) is 0 Å². The molecule has 0 unspecified atom stereocenters. The van der Waals surface area contributed by atoms with Crippen LogP contribution in [0.15, 0.2) is 28.7 Å². The molecule has 1 aromatic heterocycles. The van der Waals surface area contributed by atoms with Gasteiger partial charge < -0.3 is 9.73 Å². The molecule has 0 atom stereocenters. The lowest BCUT2D eigenvalue weighted by Gasteiger charge is -2.00. The highest BCUT2D eigenvalue weighted by atomic mass is 16.4. The summed E-state index contributed by atoms with van der Waals surface area (Å²) in [4.78, 5) is 0. The highest BCUT2D eigenvalue weighted by Crippen LogP contribution is 2.12. The molecule has 0 fully saturated rings. The summed E-state index contributed by atoms with van der Waals surface area (Å²) in [6, 6.07) is 8.21. The van der Waals surface area contributed by atoms with Crippen molar-refractivity contribution in [3.05, 3.63) is 47.2 Å². The van der Waals surface area contributed by atoms with Gasteiger partial charge in [0.2, 0.25) is 11.8 Å². The average molecular weight is 217 g/mol. The summed E-state index contributed by atoms with van der Waals surface area (Å²) in [5, 5.41) is 10.9. The Morgan fingerprint density at radius 2 is 1.94 bits per heavy atom. The van der Waals surface area contributed by atoms with Gasteiger partial charge in [-0.25, -0.2) is 0 Å². The number of benzene rings is 1. The number of rotatable bonds is 4. The van der Waals surface area contributed by atoms with Crippen LogP contribution >= 0.6 is 0 Å². The van der Waals surface area contributed by atoms with E-state index in [2.05, 4.69) is 34.6 Å². The SMILES string of the molecule is CNCc1nnc(Cc2ccccc2C)o1. The van der Waals surface area contributed by atoms with Crippen LogP contribution in [0.1, 0.15) is 22.9 Å². The smallest absolute Gasteiger partial charge is 0.230 e. The van der Waals surface area contributed by atoms with E-state index in [1.165, 1.54) is 11.1 Å². The molecule has 84 valence electrons. The van der Waals surface area contributed by atoms with Gasteiger partial charge in [0.25, 0.3) is 0 Å². The molecule has 0 saturated carbocycles. The van der Waals surface area contributed by atoms with Gasteiger partial charge in [0, 0.05) is 0 Å². The minimum absolute atomic E-state index is 0.612. The molecule has 0 aliphatic rings. The maximum atomic E-state index is 5.50. The Bertz CT molecular complexity index is 465. The molecule has 0 amide bonds. The van der Waals surface area contributed by atoms with Crippen LogP contribution in [0.4, 0.5) is 0 Å². The summed E-state index contributed by atoms with van der Waals surface area (Å²) in [7, 11) is 1.85. The first-order valence-corrected chi connectivity index (χ1v) is 5.30. The zero-order chi connectivity index (χ0) is 11.4. The topological polar surface area (TPSA) is 51.0 Å². The van der Waals surface area contributed by atoms with Crippen LogP contribution in [0.2, 0.25) is 0 Å². The van der Waals surface area contributed by atoms with E-state index in [0.717, 1.165) is 0 Å². The molecule has 1 aromatic carbocycles. The molecule has 0 spiro atoms. The van der Waals surface area contributed by atoms with Crippen LogP contribution in [-0.4, -0.2) is 17.2 Å². The summed E-state index contributed by atoms with van der Waals surface area (Å²) in [5.74, 6) is 1.30. The molecule has 1 N–H and O–H groups in total. The number of hydrogen-bond acceptors (Lipinski definition) is 4. The summed E-state index contributed by atoms with van der Waals surface area (Å²) < 4.78 is 5.50. The zero-order valence-electron chi connectivity index (χ0n) is 9.53. The Kier molecular flexibility index (Phi) is 3.31. The van der Waals surface area contributed by atoms with E-state index in [4.69, 9.17) is 4.42 Å². The number of nitrogens with one attached hydrogen (secondary N) is 1. The highest BCUT2D eigenvalue weighted by molar-refractivity contribution is 5.27. The summed E-state index contributed by atoms with van der Waals surface area (Å²) in [5.41, 5.74) is 2.47. The van der Waals surface area contributed by atoms with Crippen LogP contribution in [0.25, 0.3) is 0 Å². The minimum Gasteiger partial charge on any atom is -0.424 e. The zero-order valence-corrected chi connectivity index (χ0v) is 9.53. The molecule has 2 aromatic rings. The van der Waals surface area contributed by atoms with E-state index in [9.17, 15) is 0 Å². The maximum Gasteiger partial charge on any atom is 0.230 e. The van der Waals surface area contributed by atoms with E-state index < -0.39 is 0 Å². The molecule has 2 rings (SSSR count). The largest absolute Gasteiger partial charge is 0.424 e. The van der Waals surface area contributed by atoms with Crippen LogP contribution in [0.5, 0.6) is 0 Å². The second-order valence-corrected chi connectivity index (χ2v) is 3.72. The Morgan fingerprint density at radius 1 is 1.19 bits per heavy atom. The number of aryl methyl sites for hydroxylation is 1. The van der Waals surface area contributed by atoms with Crippen molar-refractivity contribution in [3.63, 3.8) is 0 Å². The second kappa shape index (κ2) is 4.90. The summed E-state index contributed by atoms with van der Waals surface area (Å²) in [6.07, 6.45) is 0.698. The maximum absolute atomic E-state index is 5.50. The van der Waals surface area contributed by atoms with Gasteiger partial charge in [0.05, 0.1) is 13.0 Å². The van der Waals surface area contributed by atoms with Gasteiger partial charge in [-0.15, -0.1) is 10.2 Å². The first kappa shape index (κ1) is 10.8. The molecular weight excluding hydrogens is 202 g/mol. The van der Waals surface area contributed by atoms with Crippen molar-refractivity contribution >= 4 is 0 Å². The Balaban J connectivity index is 2.11. The van der Waals surface area contributed by atoms with Crippen LogP contribution in [0, 0.1) is 6.92 Å². The quantitative estimate of drug-likeness (QED) is 0.846. The third-order valence-corrected chi connectivity index (χ3v) is 2.44. The van der Waals surface area contributed by atoms with E-state index in [-0.39, 0.29) is 0 Å². The Labute approximate surface area is 94.7 Å². The normalized spacial score (nSPS) is 10.6. The number of hydrogen-bond donors (Lipinski definition) is 1. The number of nitrogens with zero attached hydrogens (tertiary/aromatic N) is 2. The van der Waals surface area contributed by atoms with E-state index in [1.807, 2.05) is 19.2 Å². The fourth-order valence-electron chi connectivity index (χ4n) is 1.55. The molecule has 0 aliphatic heterocycles. The second-order valence-electron chi connectivity index (χ2n) is 3.72. The predicted molar refractivity (Wildman–Crippen MR) is 61.0 cm³/mol. The van der Waals surface area contributed by atoms with Crippen LogP contribution < -0.4 is 5.32 Å². The van der Waals surface area contributed by atoms with E-state index in [1.54, 1.807) is 0 Å². The lowest BCUT2D eigenvalue weighted by atomic mass is 10.1. The van der Waals surface area contributed by atoms with Gasteiger partial charge in [-0.05, 0) is 25.1 Å². The first-order valence-electron chi connectivity index (χ1n) is 5.30. The lowest BCUT2D eigenvalue weighted by Crippen LogP contribution is -2.04. The first-order chi connectivity index (χ1) is 7.79. The van der Waals surface area contributed by atoms with Crippen molar-refractivity contribution < 1.29 is 4.42 Å². The molecule has 4 nitrogen and oxygen atoms in total. The van der Waals surface area contributed by atoms with Crippen molar-refractivity contribution in [3.8, 4) is 0 Å². The lowest BCUT2D eigenvalue weighted by molar-refractivity contribution is 0.447.